The van der Waals surface area contributed by atoms with Gasteiger partial charge in [0.1, 0.15) is 0 Å². The summed E-state index contributed by atoms with van der Waals surface area (Å²) in [4.78, 5) is 2.21. The third-order valence-electron chi connectivity index (χ3n) is 0.782. The standard InChI is InChI=1S/C5H12GeN/c1-7(2)5-3-4-6/h3-5H2,1-2H3. The van der Waals surface area contributed by atoms with Crippen molar-refractivity contribution in [3.05, 3.63) is 0 Å². The molecule has 0 aromatic heterocycles. The van der Waals surface area contributed by atoms with Crippen LogP contribution in [0.25, 0.3) is 0 Å². The third-order valence-corrected chi connectivity index (χ3v) is 1.52. The molecular formula is C5H12GeN. The van der Waals surface area contributed by atoms with Crippen molar-refractivity contribution in [1.82, 2.24) is 4.90 Å². The Kier molecular flexibility index (Phi) is 4.99. The molecule has 0 amide bonds. The molecule has 0 rings (SSSR count). The second kappa shape index (κ2) is 4.66. The van der Waals surface area contributed by atoms with E-state index in [1.165, 1.54) is 18.2 Å². The van der Waals surface area contributed by atoms with Gasteiger partial charge in [0.15, 0.2) is 0 Å². The van der Waals surface area contributed by atoms with Crippen LogP contribution in [-0.2, 0) is 0 Å². The molecular weight excluding hydrogens is 147 g/mol. The van der Waals surface area contributed by atoms with Crippen LogP contribution in [0.3, 0.4) is 0 Å². The average Bonchev–Trinajstić information content (AvgIpc) is 1.61. The first-order valence-electron chi connectivity index (χ1n) is 2.56. The molecule has 0 aliphatic rings. The van der Waals surface area contributed by atoms with E-state index < -0.39 is 0 Å². The predicted molar refractivity (Wildman–Crippen MR) is 33.7 cm³/mol. The Labute approximate surface area is 54.3 Å². The number of hydrogen-bond acceptors (Lipinski definition) is 1. The van der Waals surface area contributed by atoms with E-state index in [2.05, 4.69) is 35.5 Å². The van der Waals surface area contributed by atoms with Gasteiger partial charge >= 0.3 is 53.7 Å². The van der Waals surface area contributed by atoms with Gasteiger partial charge in [-0.3, -0.25) is 0 Å². The van der Waals surface area contributed by atoms with Crippen molar-refractivity contribution in [1.29, 1.82) is 0 Å². The average molecular weight is 159 g/mol. The third kappa shape index (κ3) is 6.50. The fourth-order valence-electron chi connectivity index (χ4n) is 0.395. The molecule has 0 aliphatic heterocycles. The molecule has 0 atom stereocenters. The summed E-state index contributed by atoms with van der Waals surface area (Å²) in [5.41, 5.74) is 0. The Balaban J connectivity index is 2.68. The second-order valence-electron chi connectivity index (χ2n) is 1.91. The molecule has 0 fully saturated rings. The zero-order chi connectivity index (χ0) is 5.70. The fraction of sp³-hybridized carbons (Fsp3) is 1.00. The van der Waals surface area contributed by atoms with Gasteiger partial charge in [-0.1, -0.05) is 0 Å². The number of nitrogens with zero attached hydrogens (tertiary/aromatic N) is 1. The molecule has 0 aromatic carbocycles. The molecule has 0 saturated carbocycles. The first-order valence-corrected chi connectivity index (χ1v) is 4.05. The van der Waals surface area contributed by atoms with Gasteiger partial charge in [0, 0.05) is 0 Å². The molecule has 0 N–H and O–H groups in total. The summed E-state index contributed by atoms with van der Waals surface area (Å²) in [7, 11) is 4.21. The molecule has 3 radical (unpaired) electrons. The van der Waals surface area contributed by atoms with Crippen molar-refractivity contribution < 1.29 is 0 Å². The summed E-state index contributed by atoms with van der Waals surface area (Å²) in [5, 5.41) is 1.30. The summed E-state index contributed by atoms with van der Waals surface area (Å²) in [6.07, 6.45) is 1.33. The SMILES string of the molecule is CN(C)CC[CH2][Ge]. The normalized spacial score (nSPS) is 10.3. The van der Waals surface area contributed by atoms with Crippen molar-refractivity contribution in [2.45, 2.75) is 11.7 Å². The van der Waals surface area contributed by atoms with Gasteiger partial charge in [0.2, 0.25) is 0 Å². The molecule has 0 bridgehead atoms. The minimum absolute atomic E-state index is 1.23. The van der Waals surface area contributed by atoms with Gasteiger partial charge in [0.05, 0.1) is 0 Å². The van der Waals surface area contributed by atoms with Crippen molar-refractivity contribution in [3.63, 3.8) is 0 Å². The Morgan fingerprint density at radius 1 is 1.43 bits per heavy atom. The van der Waals surface area contributed by atoms with E-state index in [0.29, 0.717) is 0 Å². The van der Waals surface area contributed by atoms with Gasteiger partial charge in [-0.25, -0.2) is 0 Å². The summed E-state index contributed by atoms with van der Waals surface area (Å²) in [6, 6.07) is 0. The zero-order valence-electron chi connectivity index (χ0n) is 5.07. The van der Waals surface area contributed by atoms with Crippen molar-refractivity contribution in [2.24, 2.45) is 0 Å². The minimum atomic E-state index is 1.23. The number of hydrogen-bond donors (Lipinski definition) is 0. The van der Waals surface area contributed by atoms with Gasteiger partial charge in [-0.2, -0.15) is 0 Å². The Morgan fingerprint density at radius 3 is 2.14 bits per heavy atom. The molecule has 0 spiro atoms. The van der Waals surface area contributed by atoms with Crippen molar-refractivity contribution >= 4 is 16.5 Å². The molecule has 0 unspecified atom stereocenters. The predicted octanol–water partition coefficient (Wildman–Crippen LogP) is 0.525. The van der Waals surface area contributed by atoms with Crippen LogP contribution in [0.1, 0.15) is 6.42 Å². The Bertz CT molecular complexity index is 37.1. The quantitative estimate of drug-likeness (QED) is 0.542. The van der Waals surface area contributed by atoms with Crippen LogP contribution in [0.5, 0.6) is 0 Å². The molecule has 2 heteroatoms. The summed E-state index contributed by atoms with van der Waals surface area (Å²) in [6.45, 7) is 1.23. The molecule has 7 heavy (non-hydrogen) atoms. The molecule has 0 aliphatic carbocycles. The van der Waals surface area contributed by atoms with E-state index in [1.807, 2.05) is 0 Å². The van der Waals surface area contributed by atoms with E-state index in [-0.39, 0.29) is 0 Å². The van der Waals surface area contributed by atoms with Crippen LogP contribution < -0.4 is 0 Å². The summed E-state index contributed by atoms with van der Waals surface area (Å²) < 4.78 is 0. The molecule has 41 valence electrons. The van der Waals surface area contributed by atoms with Crippen molar-refractivity contribution in [3.8, 4) is 0 Å². The van der Waals surface area contributed by atoms with E-state index in [4.69, 9.17) is 0 Å². The first-order chi connectivity index (χ1) is 3.27. The Hall–Kier alpha value is 0.503. The molecule has 1 nitrogen and oxygen atoms in total. The van der Waals surface area contributed by atoms with Crippen LogP contribution in [0.15, 0.2) is 0 Å². The zero-order valence-corrected chi connectivity index (χ0v) is 7.17. The van der Waals surface area contributed by atoms with E-state index >= 15 is 0 Å². The van der Waals surface area contributed by atoms with E-state index in [0.717, 1.165) is 0 Å². The van der Waals surface area contributed by atoms with Crippen LogP contribution in [0.2, 0.25) is 5.25 Å². The maximum absolute atomic E-state index is 2.21. The van der Waals surface area contributed by atoms with Crippen LogP contribution in [0, 0.1) is 0 Å². The monoisotopic (exact) mass is 160 g/mol. The van der Waals surface area contributed by atoms with Gasteiger partial charge < -0.3 is 0 Å². The number of rotatable bonds is 3. The molecule has 0 heterocycles. The molecule has 0 saturated heterocycles. The van der Waals surface area contributed by atoms with Crippen LogP contribution >= 0.6 is 0 Å². The van der Waals surface area contributed by atoms with Gasteiger partial charge in [-0.05, 0) is 0 Å². The van der Waals surface area contributed by atoms with Crippen molar-refractivity contribution in [2.75, 3.05) is 20.6 Å². The van der Waals surface area contributed by atoms with Crippen LogP contribution in [-0.4, -0.2) is 42.1 Å². The summed E-state index contributed by atoms with van der Waals surface area (Å²) >= 11 is 2.21. The fourth-order valence-corrected chi connectivity index (χ4v) is 0.727. The topological polar surface area (TPSA) is 3.24 Å². The molecule has 0 aromatic rings. The van der Waals surface area contributed by atoms with Crippen LogP contribution in [0.4, 0.5) is 0 Å². The maximum atomic E-state index is 2.21. The van der Waals surface area contributed by atoms with Gasteiger partial charge in [-0.15, -0.1) is 0 Å². The summed E-state index contributed by atoms with van der Waals surface area (Å²) in [5.74, 6) is 0. The van der Waals surface area contributed by atoms with E-state index in [1.54, 1.807) is 0 Å². The van der Waals surface area contributed by atoms with Gasteiger partial charge in [0.25, 0.3) is 0 Å². The van der Waals surface area contributed by atoms with E-state index in [9.17, 15) is 0 Å². The second-order valence-corrected chi connectivity index (χ2v) is 2.96. The first kappa shape index (κ1) is 7.50. The Morgan fingerprint density at radius 2 is 2.00 bits per heavy atom.